The van der Waals surface area contributed by atoms with E-state index in [0.29, 0.717) is 25.1 Å². The molecular weight excluding hydrogens is 534 g/mol. The average Bonchev–Trinajstić information content (AvgIpc) is 2.93. The van der Waals surface area contributed by atoms with Gasteiger partial charge in [-0.1, -0.05) is 92.2 Å². The van der Waals surface area contributed by atoms with E-state index in [1.165, 1.54) is 10.6 Å². The van der Waals surface area contributed by atoms with Crippen molar-refractivity contribution in [3.8, 4) is 0 Å². The number of sulfonamides is 1. The lowest BCUT2D eigenvalue weighted by Gasteiger charge is -2.32. The summed E-state index contributed by atoms with van der Waals surface area (Å²) in [5, 5.41) is 3.03. The molecule has 0 fully saturated rings. The van der Waals surface area contributed by atoms with Crippen molar-refractivity contribution in [2.45, 2.75) is 59.5 Å². The number of hydrogen-bond donors (Lipinski definition) is 1. The summed E-state index contributed by atoms with van der Waals surface area (Å²) in [4.78, 5) is 29.1. The maximum absolute atomic E-state index is 13.9. The summed E-state index contributed by atoms with van der Waals surface area (Å²) in [5.74, 6) is -0.119. The monoisotopic (exact) mass is 577 g/mol. The van der Waals surface area contributed by atoms with Gasteiger partial charge in [-0.3, -0.25) is 13.9 Å². The summed E-state index contributed by atoms with van der Waals surface area (Å²) in [6.07, 6.45) is 1.98. The Labute approximate surface area is 245 Å². The van der Waals surface area contributed by atoms with E-state index in [0.717, 1.165) is 22.3 Å². The number of benzene rings is 3. The van der Waals surface area contributed by atoms with Crippen molar-refractivity contribution >= 4 is 27.5 Å². The molecule has 0 saturated carbocycles. The Morgan fingerprint density at radius 2 is 1.49 bits per heavy atom. The standard InChI is InChI=1S/C33H43N3O4S/c1-25(2)23-34-33(38)31(22-28-13-7-6-8-14-28)35(24-29-19-17-26(3)18-20-29)32(37)16-11-21-36(41(5,39)40)30-15-10-9-12-27(30)4/h6-10,12-15,17-20,25,31H,11,16,21-24H2,1-5H3,(H,34,38). The van der Waals surface area contributed by atoms with Crippen LogP contribution in [0.5, 0.6) is 0 Å². The number of carbonyl (C=O) groups is 2. The maximum Gasteiger partial charge on any atom is 0.243 e. The van der Waals surface area contributed by atoms with E-state index < -0.39 is 16.1 Å². The van der Waals surface area contributed by atoms with Crippen LogP contribution in [0.1, 0.15) is 48.9 Å². The SMILES string of the molecule is Cc1ccc(CN(C(=O)CCCN(c2ccccc2C)S(C)(=O)=O)C(Cc2ccccc2)C(=O)NCC(C)C)cc1. The molecule has 1 N–H and O–H groups in total. The van der Waals surface area contributed by atoms with Crippen molar-refractivity contribution in [3.05, 3.63) is 101 Å². The smallest absolute Gasteiger partial charge is 0.243 e. The molecule has 1 unspecified atom stereocenters. The number of para-hydroxylation sites is 1. The fourth-order valence-electron chi connectivity index (χ4n) is 4.69. The van der Waals surface area contributed by atoms with Crippen LogP contribution < -0.4 is 9.62 Å². The highest BCUT2D eigenvalue weighted by Crippen LogP contribution is 2.23. The van der Waals surface area contributed by atoms with E-state index in [-0.39, 0.29) is 37.2 Å². The molecule has 3 rings (SSSR count). The minimum atomic E-state index is -3.55. The van der Waals surface area contributed by atoms with Gasteiger partial charge in [0.1, 0.15) is 6.04 Å². The van der Waals surface area contributed by atoms with Gasteiger partial charge >= 0.3 is 0 Å². The zero-order valence-corrected chi connectivity index (χ0v) is 25.7. The molecule has 2 amide bonds. The summed E-state index contributed by atoms with van der Waals surface area (Å²) in [5.41, 5.74) is 4.45. The van der Waals surface area contributed by atoms with Gasteiger partial charge in [-0.05, 0) is 48.9 Å². The van der Waals surface area contributed by atoms with Gasteiger partial charge in [-0.25, -0.2) is 8.42 Å². The summed E-state index contributed by atoms with van der Waals surface area (Å²) in [6, 6.07) is 24.2. The van der Waals surface area contributed by atoms with Gasteiger partial charge < -0.3 is 10.2 Å². The lowest BCUT2D eigenvalue weighted by atomic mass is 10.0. The van der Waals surface area contributed by atoms with Crippen LogP contribution in [-0.4, -0.2) is 50.5 Å². The summed E-state index contributed by atoms with van der Waals surface area (Å²) >= 11 is 0. The van der Waals surface area contributed by atoms with Crippen molar-refractivity contribution in [1.29, 1.82) is 0 Å². The Bertz CT molecular complexity index is 1390. The Morgan fingerprint density at radius 1 is 0.854 bits per heavy atom. The molecule has 3 aromatic rings. The van der Waals surface area contributed by atoms with Crippen molar-refractivity contribution in [3.63, 3.8) is 0 Å². The van der Waals surface area contributed by atoms with E-state index >= 15 is 0 Å². The molecule has 0 aliphatic rings. The van der Waals surface area contributed by atoms with Crippen molar-refractivity contribution in [1.82, 2.24) is 10.2 Å². The number of hydrogen-bond acceptors (Lipinski definition) is 4. The van der Waals surface area contributed by atoms with Crippen LogP contribution in [0.4, 0.5) is 5.69 Å². The zero-order valence-electron chi connectivity index (χ0n) is 24.8. The molecule has 7 nitrogen and oxygen atoms in total. The molecule has 0 aliphatic carbocycles. The van der Waals surface area contributed by atoms with Gasteiger partial charge in [0.2, 0.25) is 21.8 Å². The molecule has 0 spiro atoms. The second kappa shape index (κ2) is 14.8. The van der Waals surface area contributed by atoms with Crippen LogP contribution in [-0.2, 0) is 32.6 Å². The maximum atomic E-state index is 13.9. The zero-order chi connectivity index (χ0) is 30.0. The van der Waals surface area contributed by atoms with Crippen LogP contribution in [0.2, 0.25) is 0 Å². The number of anilines is 1. The second-order valence-electron chi connectivity index (χ2n) is 11.1. The lowest BCUT2D eigenvalue weighted by Crippen LogP contribution is -2.51. The molecule has 0 aromatic heterocycles. The first-order valence-electron chi connectivity index (χ1n) is 14.2. The third kappa shape index (κ3) is 9.74. The highest BCUT2D eigenvalue weighted by molar-refractivity contribution is 7.92. The number of nitrogens with one attached hydrogen (secondary N) is 1. The molecule has 220 valence electrons. The first kappa shape index (κ1) is 31.9. The third-order valence-electron chi connectivity index (χ3n) is 6.97. The van der Waals surface area contributed by atoms with Crippen molar-refractivity contribution in [2.75, 3.05) is 23.7 Å². The second-order valence-corrected chi connectivity index (χ2v) is 13.0. The van der Waals surface area contributed by atoms with Gasteiger partial charge in [-0.2, -0.15) is 0 Å². The highest BCUT2D eigenvalue weighted by atomic mass is 32.2. The van der Waals surface area contributed by atoms with Crippen LogP contribution >= 0.6 is 0 Å². The Morgan fingerprint density at radius 3 is 2.10 bits per heavy atom. The highest BCUT2D eigenvalue weighted by Gasteiger charge is 2.30. The van der Waals surface area contributed by atoms with Gasteiger partial charge in [0.15, 0.2) is 0 Å². The van der Waals surface area contributed by atoms with E-state index in [4.69, 9.17) is 0 Å². The van der Waals surface area contributed by atoms with Gasteiger partial charge in [0.25, 0.3) is 0 Å². The number of nitrogens with zero attached hydrogens (tertiary/aromatic N) is 2. The number of amides is 2. The normalized spacial score (nSPS) is 12.1. The van der Waals surface area contributed by atoms with Crippen LogP contribution in [0.15, 0.2) is 78.9 Å². The number of rotatable bonds is 14. The average molecular weight is 578 g/mol. The molecule has 0 bridgehead atoms. The first-order chi connectivity index (χ1) is 19.5. The molecule has 3 aromatic carbocycles. The molecule has 8 heteroatoms. The third-order valence-corrected chi connectivity index (χ3v) is 8.15. The molecule has 0 saturated heterocycles. The largest absolute Gasteiger partial charge is 0.354 e. The van der Waals surface area contributed by atoms with E-state index in [1.54, 1.807) is 17.0 Å². The van der Waals surface area contributed by atoms with Gasteiger partial charge in [0, 0.05) is 32.5 Å². The predicted molar refractivity (Wildman–Crippen MR) is 166 cm³/mol. The first-order valence-corrected chi connectivity index (χ1v) is 16.0. The molecule has 0 radical (unpaired) electrons. The fraction of sp³-hybridized carbons (Fsp3) is 0.394. The van der Waals surface area contributed by atoms with E-state index in [1.807, 2.05) is 94.4 Å². The Kier molecular flexibility index (Phi) is 11.5. The summed E-state index contributed by atoms with van der Waals surface area (Å²) in [7, 11) is -3.55. The molecule has 0 aliphatic heterocycles. The molecule has 1 atom stereocenters. The topological polar surface area (TPSA) is 86.8 Å². The van der Waals surface area contributed by atoms with Crippen LogP contribution in [0.3, 0.4) is 0 Å². The molecule has 0 heterocycles. The van der Waals surface area contributed by atoms with Crippen LogP contribution in [0.25, 0.3) is 0 Å². The Hall–Kier alpha value is -3.65. The summed E-state index contributed by atoms with van der Waals surface area (Å²) < 4.78 is 26.7. The summed E-state index contributed by atoms with van der Waals surface area (Å²) in [6.45, 7) is 8.89. The van der Waals surface area contributed by atoms with Gasteiger partial charge in [-0.15, -0.1) is 0 Å². The molecular formula is C33H43N3O4S. The van der Waals surface area contributed by atoms with Gasteiger partial charge in [0.05, 0.1) is 11.9 Å². The Balaban J connectivity index is 1.88. The van der Waals surface area contributed by atoms with E-state index in [9.17, 15) is 18.0 Å². The quantitative estimate of drug-likeness (QED) is 0.283. The molecule has 41 heavy (non-hydrogen) atoms. The number of aryl methyl sites for hydroxylation is 2. The van der Waals surface area contributed by atoms with E-state index in [2.05, 4.69) is 5.32 Å². The minimum absolute atomic E-state index is 0.104. The van der Waals surface area contributed by atoms with Crippen molar-refractivity contribution in [2.24, 2.45) is 5.92 Å². The fourth-order valence-corrected chi connectivity index (χ4v) is 5.72. The minimum Gasteiger partial charge on any atom is -0.354 e. The predicted octanol–water partition coefficient (Wildman–Crippen LogP) is 5.26. The lowest BCUT2D eigenvalue weighted by molar-refractivity contribution is -0.141. The van der Waals surface area contributed by atoms with Crippen molar-refractivity contribution < 1.29 is 18.0 Å². The number of carbonyl (C=O) groups excluding carboxylic acids is 2. The van der Waals surface area contributed by atoms with Crippen LogP contribution in [0, 0.1) is 19.8 Å².